The van der Waals surface area contributed by atoms with E-state index in [2.05, 4.69) is 15.2 Å². The molecule has 0 spiro atoms. The van der Waals surface area contributed by atoms with Gasteiger partial charge in [-0.05, 0) is 24.3 Å². The highest BCUT2D eigenvalue weighted by Gasteiger charge is 2.26. The molecule has 0 radical (unpaired) electrons. The Bertz CT molecular complexity index is 688. The van der Waals surface area contributed by atoms with E-state index in [9.17, 15) is 4.79 Å². The molecule has 3 rings (SSSR count). The molecule has 2 amide bonds. The lowest BCUT2D eigenvalue weighted by Crippen LogP contribution is -2.51. The Kier molecular flexibility index (Phi) is 4.88. The minimum atomic E-state index is -0.125. The van der Waals surface area contributed by atoms with Gasteiger partial charge >= 0.3 is 6.03 Å². The van der Waals surface area contributed by atoms with Crippen LogP contribution in [0.5, 0.6) is 0 Å². The van der Waals surface area contributed by atoms with Crippen LogP contribution in [0.1, 0.15) is 0 Å². The number of benzene rings is 1. The van der Waals surface area contributed by atoms with Crippen molar-refractivity contribution in [2.24, 2.45) is 0 Å². The van der Waals surface area contributed by atoms with E-state index in [0.717, 1.165) is 18.9 Å². The summed E-state index contributed by atoms with van der Waals surface area (Å²) in [6, 6.07) is 10.9. The molecule has 1 aromatic carbocycles. The molecule has 0 bridgehead atoms. The van der Waals surface area contributed by atoms with Crippen molar-refractivity contribution in [1.82, 2.24) is 4.90 Å². The minimum Gasteiger partial charge on any atom is -0.317 e. The summed E-state index contributed by atoms with van der Waals surface area (Å²) in [6.07, 6.45) is 1.90. The van der Waals surface area contributed by atoms with Crippen LogP contribution >= 0.6 is 23.2 Å². The molecular weight excluding hydrogens is 335 g/mol. The largest absolute Gasteiger partial charge is 0.322 e. The van der Waals surface area contributed by atoms with Gasteiger partial charge in [-0.15, -0.1) is 0 Å². The number of hydrogen-bond donors (Lipinski definition) is 1. The Hall–Kier alpha value is -1.98. The molecule has 0 unspecified atom stereocenters. The van der Waals surface area contributed by atoms with E-state index in [-0.39, 0.29) is 6.03 Å². The third kappa shape index (κ3) is 3.86. The zero-order valence-corrected chi connectivity index (χ0v) is 13.9. The molecule has 120 valence electrons. The van der Waals surface area contributed by atoms with Gasteiger partial charge in [-0.3, -0.25) is 4.90 Å². The zero-order valence-electron chi connectivity index (χ0n) is 12.4. The van der Waals surface area contributed by atoms with Crippen LogP contribution in [0.25, 0.3) is 0 Å². The first kappa shape index (κ1) is 15.9. The maximum Gasteiger partial charge on any atom is 0.322 e. The Labute approximate surface area is 144 Å². The molecule has 0 atom stereocenters. The van der Waals surface area contributed by atoms with E-state index in [0.29, 0.717) is 28.8 Å². The van der Waals surface area contributed by atoms with E-state index in [1.807, 2.05) is 24.4 Å². The van der Waals surface area contributed by atoms with Gasteiger partial charge in [-0.25, -0.2) is 9.78 Å². The van der Waals surface area contributed by atoms with Crippen molar-refractivity contribution in [3.8, 4) is 0 Å². The van der Waals surface area contributed by atoms with Crippen molar-refractivity contribution in [3.05, 3.63) is 52.6 Å². The topological polar surface area (TPSA) is 49.7 Å². The average Bonchev–Trinajstić information content (AvgIpc) is 2.59. The average molecular weight is 352 g/mol. The van der Waals surface area contributed by atoms with Gasteiger partial charge in [-0.1, -0.05) is 29.3 Å². The molecule has 5 nitrogen and oxygen atoms in total. The van der Waals surface area contributed by atoms with Crippen LogP contribution in [0.4, 0.5) is 16.3 Å². The number of urea groups is 1. The maximum absolute atomic E-state index is 12.3. The van der Waals surface area contributed by atoms with Crippen LogP contribution in [-0.4, -0.2) is 37.1 Å². The van der Waals surface area contributed by atoms with Gasteiger partial charge in [-0.2, -0.15) is 0 Å². The lowest BCUT2D eigenvalue weighted by molar-refractivity contribution is -0.364. The molecule has 1 fully saturated rings. The fourth-order valence-electron chi connectivity index (χ4n) is 2.51. The fourth-order valence-corrected chi connectivity index (χ4v) is 2.81. The van der Waals surface area contributed by atoms with E-state index in [4.69, 9.17) is 23.2 Å². The van der Waals surface area contributed by atoms with Crippen molar-refractivity contribution in [3.63, 3.8) is 0 Å². The van der Waals surface area contributed by atoms with Gasteiger partial charge in [0.1, 0.15) is 13.1 Å². The third-order valence-corrected chi connectivity index (χ3v) is 4.51. The number of nitrogens with zero attached hydrogens (tertiary/aromatic N) is 2. The summed E-state index contributed by atoms with van der Waals surface area (Å²) in [6.45, 7) is 2.90. The number of aromatic amines is 1. The minimum absolute atomic E-state index is 0.125. The van der Waals surface area contributed by atoms with Gasteiger partial charge in [0.15, 0.2) is 0 Å². The summed E-state index contributed by atoms with van der Waals surface area (Å²) in [5, 5.41) is 3.75. The Morgan fingerprint density at radius 2 is 1.83 bits per heavy atom. The van der Waals surface area contributed by atoms with E-state index in [1.165, 1.54) is 0 Å². The number of pyridine rings is 1. The highest BCUT2D eigenvalue weighted by Crippen LogP contribution is 2.25. The molecule has 0 saturated carbocycles. The number of aromatic nitrogens is 1. The van der Waals surface area contributed by atoms with Crippen molar-refractivity contribution in [2.45, 2.75) is 0 Å². The first-order chi connectivity index (χ1) is 11.1. The Balaban J connectivity index is 1.57. The third-order valence-electron chi connectivity index (χ3n) is 3.77. The van der Waals surface area contributed by atoms with Crippen LogP contribution in [0.15, 0.2) is 42.6 Å². The second-order valence-electron chi connectivity index (χ2n) is 5.28. The molecule has 2 heterocycles. The normalized spacial score (nSPS) is 14.7. The predicted octanol–water partition coefficient (Wildman–Crippen LogP) is 3.16. The number of anilines is 2. The first-order valence-electron chi connectivity index (χ1n) is 7.36. The van der Waals surface area contributed by atoms with Crippen LogP contribution < -0.4 is 15.2 Å². The lowest BCUT2D eigenvalue weighted by atomic mass is 10.3. The standard InChI is InChI=1S/C16H16Cl2N4O/c17-13-5-4-12(11-14(13)18)20-16(23)22-9-7-21(8-10-22)15-3-1-2-6-19-15/h1-6,11H,7-10H2,(H,20,23)/p+1. The number of carbonyl (C=O) groups excluding carboxylic acids is 1. The molecular formula is C16H17Cl2N4O+. The smallest absolute Gasteiger partial charge is 0.317 e. The monoisotopic (exact) mass is 351 g/mol. The number of H-pyrrole nitrogens is 1. The summed E-state index contributed by atoms with van der Waals surface area (Å²) in [7, 11) is 0. The number of halogens is 2. The molecule has 2 N–H and O–H groups in total. The quantitative estimate of drug-likeness (QED) is 0.903. The van der Waals surface area contributed by atoms with Crippen molar-refractivity contribution >= 4 is 40.7 Å². The molecule has 0 aliphatic carbocycles. The number of rotatable bonds is 2. The second kappa shape index (κ2) is 7.06. The SMILES string of the molecule is O=C(Nc1ccc(Cl)c(Cl)c1)N1CCN(c2cccc[nH+]2)CC1. The fraction of sp³-hybridized carbons (Fsp3) is 0.250. The van der Waals surface area contributed by atoms with Gasteiger partial charge in [0.25, 0.3) is 5.82 Å². The van der Waals surface area contributed by atoms with Crippen LogP contribution in [0, 0.1) is 0 Å². The Morgan fingerprint density at radius 3 is 2.48 bits per heavy atom. The first-order valence-corrected chi connectivity index (χ1v) is 8.12. The van der Waals surface area contributed by atoms with Crippen molar-refractivity contribution in [1.29, 1.82) is 0 Å². The van der Waals surface area contributed by atoms with E-state index in [1.54, 1.807) is 23.1 Å². The molecule has 2 aromatic rings. The number of nitrogens with one attached hydrogen (secondary N) is 2. The number of piperazine rings is 1. The molecule has 1 aliphatic rings. The summed E-state index contributed by atoms with van der Waals surface area (Å²) in [5.41, 5.74) is 0.642. The number of carbonyl (C=O) groups is 1. The predicted molar refractivity (Wildman–Crippen MR) is 92.3 cm³/mol. The highest BCUT2D eigenvalue weighted by molar-refractivity contribution is 6.42. The van der Waals surface area contributed by atoms with Crippen molar-refractivity contribution < 1.29 is 9.78 Å². The second-order valence-corrected chi connectivity index (χ2v) is 6.10. The van der Waals surface area contributed by atoms with Crippen LogP contribution in [0.3, 0.4) is 0 Å². The van der Waals surface area contributed by atoms with Gasteiger partial charge in [0, 0.05) is 11.8 Å². The molecule has 7 heteroatoms. The molecule has 1 saturated heterocycles. The summed E-state index contributed by atoms with van der Waals surface area (Å²) in [4.78, 5) is 19.6. The Morgan fingerprint density at radius 1 is 1.04 bits per heavy atom. The molecule has 1 aromatic heterocycles. The summed E-state index contributed by atoms with van der Waals surface area (Å²) >= 11 is 11.8. The van der Waals surface area contributed by atoms with Crippen molar-refractivity contribution in [2.75, 3.05) is 36.4 Å². The summed E-state index contributed by atoms with van der Waals surface area (Å²) in [5.74, 6) is 1.07. The zero-order chi connectivity index (χ0) is 16.2. The summed E-state index contributed by atoms with van der Waals surface area (Å²) < 4.78 is 0. The van der Waals surface area contributed by atoms with Crippen LogP contribution in [-0.2, 0) is 0 Å². The molecule has 1 aliphatic heterocycles. The number of hydrogen-bond acceptors (Lipinski definition) is 2. The van der Waals surface area contributed by atoms with Crippen LogP contribution in [0.2, 0.25) is 10.0 Å². The van der Waals surface area contributed by atoms with Gasteiger partial charge in [0.05, 0.1) is 29.3 Å². The number of amides is 2. The maximum atomic E-state index is 12.3. The van der Waals surface area contributed by atoms with E-state index < -0.39 is 0 Å². The lowest BCUT2D eigenvalue weighted by Gasteiger charge is -2.31. The highest BCUT2D eigenvalue weighted by atomic mass is 35.5. The van der Waals surface area contributed by atoms with Gasteiger partial charge < -0.3 is 10.2 Å². The van der Waals surface area contributed by atoms with E-state index >= 15 is 0 Å². The van der Waals surface area contributed by atoms with Gasteiger partial charge in [0.2, 0.25) is 0 Å². The molecule has 23 heavy (non-hydrogen) atoms.